The Labute approximate surface area is 110 Å². The van der Waals surface area contributed by atoms with E-state index in [-0.39, 0.29) is 0 Å². The second-order valence-electron chi connectivity index (χ2n) is 5.37. The van der Waals surface area contributed by atoms with E-state index in [1.165, 1.54) is 31.2 Å². The van der Waals surface area contributed by atoms with Crippen LogP contribution in [0.4, 0.5) is 0 Å². The predicted molar refractivity (Wildman–Crippen MR) is 75.4 cm³/mol. The highest BCUT2D eigenvalue weighted by Gasteiger charge is 2.26. The van der Waals surface area contributed by atoms with E-state index in [1.807, 2.05) is 0 Å². The number of hydrogen-bond donors (Lipinski definition) is 2. The van der Waals surface area contributed by atoms with E-state index in [4.69, 9.17) is 0 Å². The topological polar surface area (TPSA) is 32.3 Å². The summed E-state index contributed by atoms with van der Waals surface area (Å²) in [5.41, 5.74) is 1.36. The third kappa shape index (κ3) is 3.33. The van der Waals surface area contributed by atoms with Crippen molar-refractivity contribution in [3.05, 3.63) is 35.9 Å². The lowest BCUT2D eigenvalue weighted by molar-refractivity contribution is 0.145. The molecule has 100 valence electrons. The molecule has 2 nitrogen and oxygen atoms in total. The van der Waals surface area contributed by atoms with Gasteiger partial charge in [0.15, 0.2) is 0 Å². The van der Waals surface area contributed by atoms with E-state index in [0.29, 0.717) is 24.6 Å². The minimum absolute atomic E-state index is 0.322. The van der Waals surface area contributed by atoms with Crippen LogP contribution in [0.2, 0.25) is 0 Å². The van der Waals surface area contributed by atoms with Crippen molar-refractivity contribution in [2.45, 2.75) is 51.1 Å². The van der Waals surface area contributed by atoms with E-state index >= 15 is 0 Å². The van der Waals surface area contributed by atoms with Crippen LogP contribution >= 0.6 is 0 Å². The molecule has 3 unspecified atom stereocenters. The molecular formula is C16H25NO. The Balaban J connectivity index is 2.01. The number of hydrogen-bond acceptors (Lipinski definition) is 2. The van der Waals surface area contributed by atoms with Crippen LogP contribution in [0, 0.1) is 5.92 Å². The smallest absolute Gasteiger partial charge is 0.0474 e. The second-order valence-corrected chi connectivity index (χ2v) is 5.37. The van der Waals surface area contributed by atoms with Crippen LogP contribution in [0.5, 0.6) is 0 Å². The molecule has 0 aliphatic heterocycles. The fraction of sp³-hybridized carbons (Fsp3) is 0.625. The van der Waals surface area contributed by atoms with Crippen LogP contribution in [-0.4, -0.2) is 17.8 Å². The van der Waals surface area contributed by atoms with Gasteiger partial charge in [-0.25, -0.2) is 0 Å². The van der Waals surface area contributed by atoms with Gasteiger partial charge in [0.1, 0.15) is 0 Å². The van der Waals surface area contributed by atoms with Gasteiger partial charge in [-0.1, -0.05) is 50.1 Å². The second kappa shape index (κ2) is 6.91. The highest BCUT2D eigenvalue weighted by molar-refractivity contribution is 5.19. The standard InChI is InChI=1S/C16H25NO/c1-2-15(13-8-4-3-5-9-13)17-16-11-7-6-10-14(16)12-18/h3-5,8-9,14-18H,2,6-7,10-12H2,1H3. The lowest BCUT2D eigenvalue weighted by Gasteiger charge is -2.34. The summed E-state index contributed by atoms with van der Waals surface area (Å²) >= 11 is 0. The van der Waals surface area contributed by atoms with Crippen LogP contribution in [0.25, 0.3) is 0 Å². The van der Waals surface area contributed by atoms with Crippen LogP contribution in [0.3, 0.4) is 0 Å². The van der Waals surface area contributed by atoms with Gasteiger partial charge in [-0.15, -0.1) is 0 Å². The normalized spacial score (nSPS) is 25.9. The van der Waals surface area contributed by atoms with Crippen molar-refractivity contribution in [3.63, 3.8) is 0 Å². The van der Waals surface area contributed by atoms with E-state index in [9.17, 15) is 5.11 Å². The SMILES string of the molecule is CCC(NC1CCCCC1CO)c1ccccc1. The summed E-state index contributed by atoms with van der Waals surface area (Å²) in [6, 6.07) is 11.6. The first kappa shape index (κ1) is 13.6. The van der Waals surface area contributed by atoms with Gasteiger partial charge in [0, 0.05) is 18.7 Å². The molecule has 3 atom stereocenters. The highest BCUT2D eigenvalue weighted by atomic mass is 16.3. The number of nitrogens with one attached hydrogen (secondary N) is 1. The summed E-state index contributed by atoms with van der Waals surface area (Å²) in [5.74, 6) is 0.441. The van der Waals surface area contributed by atoms with E-state index in [0.717, 1.165) is 6.42 Å². The molecule has 0 saturated heterocycles. The van der Waals surface area contributed by atoms with Crippen molar-refractivity contribution in [3.8, 4) is 0 Å². The van der Waals surface area contributed by atoms with E-state index in [1.54, 1.807) is 0 Å². The molecule has 2 heteroatoms. The Hall–Kier alpha value is -0.860. The lowest BCUT2D eigenvalue weighted by atomic mass is 9.84. The predicted octanol–water partition coefficient (Wildman–Crippen LogP) is 3.28. The minimum Gasteiger partial charge on any atom is -0.396 e. The molecule has 18 heavy (non-hydrogen) atoms. The first-order valence-corrected chi connectivity index (χ1v) is 7.27. The maximum Gasteiger partial charge on any atom is 0.0474 e. The van der Waals surface area contributed by atoms with Crippen molar-refractivity contribution in [1.29, 1.82) is 0 Å². The molecule has 2 rings (SSSR count). The first-order valence-electron chi connectivity index (χ1n) is 7.27. The molecule has 1 saturated carbocycles. The summed E-state index contributed by atoms with van der Waals surface area (Å²) in [6.07, 6.45) is 6.03. The number of aliphatic hydroxyl groups is 1. The zero-order valence-corrected chi connectivity index (χ0v) is 11.3. The third-order valence-corrected chi connectivity index (χ3v) is 4.17. The van der Waals surface area contributed by atoms with Crippen LogP contribution in [0.15, 0.2) is 30.3 Å². The fourth-order valence-electron chi connectivity index (χ4n) is 3.04. The van der Waals surface area contributed by atoms with Gasteiger partial charge in [0.25, 0.3) is 0 Å². The quantitative estimate of drug-likeness (QED) is 0.837. The minimum atomic E-state index is 0.322. The Morgan fingerprint density at radius 2 is 1.94 bits per heavy atom. The van der Waals surface area contributed by atoms with Crippen molar-refractivity contribution < 1.29 is 5.11 Å². The summed E-state index contributed by atoms with van der Waals surface area (Å²) in [5, 5.41) is 13.2. The molecule has 1 aliphatic rings. The van der Waals surface area contributed by atoms with Gasteiger partial charge in [0.2, 0.25) is 0 Å². The van der Waals surface area contributed by atoms with Gasteiger partial charge < -0.3 is 10.4 Å². The van der Waals surface area contributed by atoms with Crippen LogP contribution in [-0.2, 0) is 0 Å². The molecule has 1 aromatic rings. The largest absolute Gasteiger partial charge is 0.396 e. The fourth-order valence-corrected chi connectivity index (χ4v) is 3.04. The van der Waals surface area contributed by atoms with Gasteiger partial charge in [-0.05, 0) is 30.7 Å². The molecule has 0 heterocycles. The average Bonchev–Trinajstić information content (AvgIpc) is 2.46. The molecule has 1 fully saturated rings. The van der Waals surface area contributed by atoms with Crippen molar-refractivity contribution in [2.24, 2.45) is 5.92 Å². The maximum atomic E-state index is 9.48. The molecule has 1 aromatic carbocycles. The van der Waals surface area contributed by atoms with Crippen LogP contribution in [0.1, 0.15) is 50.6 Å². The summed E-state index contributed by atoms with van der Waals surface area (Å²) in [6.45, 7) is 2.55. The highest BCUT2D eigenvalue weighted by Crippen LogP contribution is 2.27. The maximum absolute atomic E-state index is 9.48. The number of aliphatic hydroxyl groups excluding tert-OH is 1. The molecule has 2 N–H and O–H groups in total. The van der Waals surface area contributed by atoms with Crippen molar-refractivity contribution in [2.75, 3.05) is 6.61 Å². The van der Waals surface area contributed by atoms with E-state index < -0.39 is 0 Å². The zero-order valence-electron chi connectivity index (χ0n) is 11.3. The Morgan fingerprint density at radius 3 is 2.61 bits per heavy atom. The summed E-state index contributed by atoms with van der Waals surface area (Å²) in [4.78, 5) is 0. The first-order chi connectivity index (χ1) is 8.85. The summed E-state index contributed by atoms with van der Waals surface area (Å²) in [7, 11) is 0. The molecule has 1 aliphatic carbocycles. The Bertz CT molecular complexity index is 338. The third-order valence-electron chi connectivity index (χ3n) is 4.17. The van der Waals surface area contributed by atoms with Gasteiger partial charge in [-0.2, -0.15) is 0 Å². The zero-order chi connectivity index (χ0) is 12.8. The lowest BCUT2D eigenvalue weighted by Crippen LogP contribution is -2.42. The van der Waals surface area contributed by atoms with Crippen LogP contribution < -0.4 is 5.32 Å². The Morgan fingerprint density at radius 1 is 1.22 bits per heavy atom. The number of rotatable bonds is 5. The molecule has 0 amide bonds. The van der Waals surface area contributed by atoms with Gasteiger partial charge in [-0.3, -0.25) is 0 Å². The van der Waals surface area contributed by atoms with Gasteiger partial charge in [0.05, 0.1) is 0 Å². The van der Waals surface area contributed by atoms with Crippen molar-refractivity contribution >= 4 is 0 Å². The molecule has 0 spiro atoms. The van der Waals surface area contributed by atoms with Gasteiger partial charge >= 0.3 is 0 Å². The molecule has 0 aromatic heterocycles. The monoisotopic (exact) mass is 247 g/mol. The Kier molecular flexibility index (Phi) is 5.21. The number of benzene rings is 1. The molecule has 0 bridgehead atoms. The molecule has 0 radical (unpaired) electrons. The molecular weight excluding hydrogens is 222 g/mol. The van der Waals surface area contributed by atoms with Crippen molar-refractivity contribution in [1.82, 2.24) is 5.32 Å². The average molecular weight is 247 g/mol. The summed E-state index contributed by atoms with van der Waals surface area (Å²) < 4.78 is 0. The van der Waals surface area contributed by atoms with E-state index in [2.05, 4.69) is 42.6 Å².